The highest BCUT2D eigenvalue weighted by molar-refractivity contribution is 5.75. The number of hydrogen-bond donors (Lipinski definition) is 3. The predicted octanol–water partition coefficient (Wildman–Crippen LogP) is 31.4. The summed E-state index contributed by atoms with van der Waals surface area (Å²) in [5.41, 5.74) is 24.3. The molecule has 16 rings (SSSR count). The Balaban J connectivity index is 0.000000774. The molecular weight excluding hydrogens is 1820 g/mol. The Kier molecular flexibility index (Phi) is 61.3. The third-order valence-corrected chi connectivity index (χ3v) is 22.5. The van der Waals surface area contributed by atoms with E-state index >= 15 is 0 Å². The molecule has 0 spiro atoms. The maximum atomic E-state index is 5.23. The van der Waals surface area contributed by atoms with Gasteiger partial charge in [-0.1, -0.05) is 252 Å². The van der Waals surface area contributed by atoms with Gasteiger partial charge >= 0.3 is 0 Å². The summed E-state index contributed by atoms with van der Waals surface area (Å²) in [5.74, 6) is 17.4. The zero-order valence-electron chi connectivity index (χ0n) is 98.0. The average Bonchev–Trinajstić information content (AvgIpc) is 1.67. The van der Waals surface area contributed by atoms with Crippen LogP contribution in [0.1, 0.15) is 475 Å². The van der Waals surface area contributed by atoms with Gasteiger partial charge in [-0.2, -0.15) is 30.6 Å². The van der Waals surface area contributed by atoms with Crippen LogP contribution < -0.4 is 0 Å². The number of rotatable bonds is 16. The standard InChI is InChI=1S/C9H16N2.2C8H14N2.C8H13NO.2C7H12N2.6C7H11NO.C7H11N.C6H10N2.2C6H9NO/c1-6(2)9-7(3)10-11(5)8(9)4;1-6(2)8-5-9-10(4)7(8)3;1-5(2)8-6(3)9-10-7(8)4;1-5(2)8-6(3)7(4)9-10-8;1-6(2)7-4-8-9(3)5-7;2*1-5(2)7-4-8-9-6(7)3;1-5(2)7-8-6(3)4-9-7;2*1-5(2)7-8-4-6(3)9-7;1-5(2)7-6(3)4-8-9-7;1-5(2)7-4-6(3)8-9-7;1-6(2)7-3-4-8-5-7;2*1-5(2)6-3-7-8-4-6;1-5(2)6-3-4-7-8-6/h6H,1-5H3;5-6H,1-4H3;5H,1-4H3,(H,9,10);5H,1-4H3;4-6H,1-3H3;4-5H,1-3H3,(H,8,9);6*4-5H,1-3H3;3-4,6H,5H2,1-2H3;3-5H,1-2H3,(H,7,8);2*3-5H,1-2H3. The highest BCUT2D eigenvalue weighted by atomic mass is 16.5. The van der Waals surface area contributed by atoms with Crippen LogP contribution in [0.4, 0.5) is 0 Å². The molecular formula is C114H186N22O9. The molecule has 1 aliphatic heterocycles. The van der Waals surface area contributed by atoms with Gasteiger partial charge in [0.2, 0.25) is 0 Å². The van der Waals surface area contributed by atoms with Crippen molar-refractivity contribution in [1.29, 1.82) is 0 Å². The van der Waals surface area contributed by atoms with Crippen LogP contribution in [0.5, 0.6) is 0 Å². The highest BCUT2D eigenvalue weighted by Crippen LogP contribution is 2.27. The van der Waals surface area contributed by atoms with Gasteiger partial charge in [0.05, 0.1) is 97.0 Å². The van der Waals surface area contributed by atoms with Crippen molar-refractivity contribution in [2.75, 3.05) is 6.54 Å². The minimum absolute atomic E-state index is 0.402. The van der Waals surface area contributed by atoms with Gasteiger partial charge in [0.15, 0.2) is 17.7 Å². The summed E-state index contributed by atoms with van der Waals surface area (Å²) in [6, 6.07) is 3.84. The minimum atomic E-state index is 0.402. The molecule has 145 heavy (non-hydrogen) atoms. The predicted molar refractivity (Wildman–Crippen MR) is 588 cm³/mol. The lowest BCUT2D eigenvalue weighted by Crippen LogP contribution is -1.94. The van der Waals surface area contributed by atoms with E-state index in [9.17, 15) is 0 Å². The molecule has 0 saturated carbocycles. The second-order valence-electron chi connectivity index (χ2n) is 41.2. The Hall–Kier alpha value is -12.4. The molecule has 806 valence electrons. The number of nitrogens with one attached hydrogen (secondary N) is 3. The van der Waals surface area contributed by atoms with Gasteiger partial charge in [0.1, 0.15) is 52.8 Å². The molecule has 0 aromatic carbocycles. The SMILES string of the molecule is CC(C)C1=CC=NC1.CC(C)c1ccno1.CC(C)c1cn[nH]c1.CC(C)c1cnn(C)c1.CC(C)c1cnoc1.Cc1[nH]ncc1C(C)C.Cc1c(C(C)C)cnn1C.Cc1cc(C(C)C)on1.Cc1cnc(C(C)C)o1.Cc1cnc(C(C)C)o1.Cc1cnoc1C(C)C.Cc1coc(C(C)C)n1.Cc1n[nH]c(C)c1C(C)C.Cc1nn(C)c(C)c1C(C)C.Cc1noc(C(C)C)c1C.Cc1oncc1C(C)C. The molecule has 0 radical (unpaired) electrons. The number of aromatic nitrogens is 21. The van der Waals surface area contributed by atoms with Gasteiger partial charge in [-0.3, -0.25) is 34.3 Å². The number of oxazole rings is 3. The van der Waals surface area contributed by atoms with E-state index in [1.807, 2.05) is 160 Å². The molecule has 31 heteroatoms. The van der Waals surface area contributed by atoms with E-state index in [4.69, 9.17) is 35.9 Å². The van der Waals surface area contributed by atoms with Gasteiger partial charge in [-0.05, 0) is 195 Å². The van der Waals surface area contributed by atoms with Crippen LogP contribution in [0.2, 0.25) is 0 Å². The fourth-order valence-corrected chi connectivity index (χ4v) is 13.4. The van der Waals surface area contributed by atoms with Crippen molar-refractivity contribution < 1.29 is 40.4 Å². The first-order valence-electron chi connectivity index (χ1n) is 51.2. The van der Waals surface area contributed by atoms with Crippen molar-refractivity contribution in [2.24, 2.45) is 32.1 Å². The fourth-order valence-electron chi connectivity index (χ4n) is 13.4. The Morgan fingerprint density at radius 3 is 1.14 bits per heavy atom. The van der Waals surface area contributed by atoms with E-state index in [1.54, 1.807) is 49.7 Å². The first-order chi connectivity index (χ1) is 67.8. The summed E-state index contributed by atoms with van der Waals surface area (Å²) in [5, 5.41) is 55.1. The van der Waals surface area contributed by atoms with Crippen LogP contribution in [-0.2, 0) is 21.1 Å². The van der Waals surface area contributed by atoms with E-state index in [0.29, 0.717) is 94.7 Å². The normalized spacial score (nSPS) is 11.1. The van der Waals surface area contributed by atoms with Crippen LogP contribution in [0.3, 0.4) is 0 Å². The summed E-state index contributed by atoms with van der Waals surface area (Å²) in [4.78, 5) is 16.3. The van der Waals surface area contributed by atoms with Crippen molar-refractivity contribution >= 4 is 6.21 Å². The molecule has 0 aliphatic carbocycles. The third-order valence-electron chi connectivity index (χ3n) is 22.5. The molecule has 0 amide bonds. The van der Waals surface area contributed by atoms with Gasteiger partial charge < -0.3 is 40.4 Å². The number of aryl methyl sites for hydroxylation is 14. The Morgan fingerprint density at radius 2 is 0.938 bits per heavy atom. The van der Waals surface area contributed by atoms with Gasteiger partial charge in [0, 0.05) is 138 Å². The molecule has 15 aromatic heterocycles. The second-order valence-corrected chi connectivity index (χ2v) is 41.2. The summed E-state index contributed by atoms with van der Waals surface area (Å²) in [6.45, 7) is 97.0. The first-order valence-corrected chi connectivity index (χ1v) is 51.2. The van der Waals surface area contributed by atoms with Crippen molar-refractivity contribution in [1.82, 2.24) is 106 Å². The van der Waals surface area contributed by atoms with E-state index in [1.165, 1.54) is 78.6 Å². The maximum absolute atomic E-state index is 5.23. The number of nitrogens with zero attached hydrogens (tertiary/aromatic N) is 19. The lowest BCUT2D eigenvalue weighted by molar-refractivity contribution is 0.367. The smallest absolute Gasteiger partial charge is 0.196 e. The van der Waals surface area contributed by atoms with Gasteiger partial charge in [-0.15, -0.1) is 0 Å². The van der Waals surface area contributed by atoms with Crippen molar-refractivity contribution in [2.45, 2.75) is 407 Å². The van der Waals surface area contributed by atoms with Crippen LogP contribution in [-0.4, -0.2) is 119 Å². The number of H-pyrrole nitrogens is 3. The van der Waals surface area contributed by atoms with Crippen molar-refractivity contribution in [3.63, 3.8) is 0 Å². The van der Waals surface area contributed by atoms with E-state index in [0.717, 1.165) is 98.4 Å². The lowest BCUT2D eigenvalue weighted by atomic mass is 10.0. The summed E-state index contributed by atoms with van der Waals surface area (Å²) < 4.78 is 50.7. The van der Waals surface area contributed by atoms with Crippen LogP contribution >= 0.6 is 0 Å². The largest absolute Gasteiger partial charge is 0.448 e. The number of allylic oxidation sites excluding steroid dienone is 1. The lowest BCUT2D eigenvalue weighted by Gasteiger charge is -2.04. The van der Waals surface area contributed by atoms with Gasteiger partial charge in [-0.25, -0.2) is 15.0 Å². The van der Waals surface area contributed by atoms with E-state index < -0.39 is 0 Å². The van der Waals surface area contributed by atoms with E-state index in [-0.39, 0.29) is 0 Å². The Bertz CT molecular complexity index is 5330. The average molecular weight is 2010 g/mol. The maximum Gasteiger partial charge on any atom is 0.196 e. The monoisotopic (exact) mass is 2010 g/mol. The van der Waals surface area contributed by atoms with Gasteiger partial charge in [0.25, 0.3) is 0 Å². The fraction of sp³-hybridized carbons (Fsp3) is 0.579. The molecule has 0 atom stereocenters. The number of aliphatic imine (C=N–C) groups is 1. The Morgan fingerprint density at radius 1 is 0.379 bits per heavy atom. The molecule has 0 saturated heterocycles. The van der Waals surface area contributed by atoms with Crippen LogP contribution in [0.15, 0.2) is 156 Å². The molecule has 3 N–H and O–H groups in total. The number of hydrogen-bond acceptors (Lipinski definition) is 25. The van der Waals surface area contributed by atoms with E-state index in [2.05, 4.69) is 357 Å². The quantitative estimate of drug-likeness (QED) is 0.0808. The molecule has 1 aliphatic rings. The zero-order chi connectivity index (χ0) is 111. The molecule has 0 unspecified atom stereocenters. The minimum Gasteiger partial charge on any atom is -0.448 e. The molecule has 16 heterocycles. The summed E-state index contributed by atoms with van der Waals surface area (Å²) in [6.07, 6.45) is 29.3. The van der Waals surface area contributed by atoms with Crippen LogP contribution in [0, 0.1) is 103 Å². The molecule has 0 fully saturated rings. The Labute approximate surface area is 869 Å². The zero-order valence-corrected chi connectivity index (χ0v) is 98.0. The first kappa shape index (κ1) is 131. The summed E-state index contributed by atoms with van der Waals surface area (Å²) >= 11 is 0. The number of aromatic amines is 3. The summed E-state index contributed by atoms with van der Waals surface area (Å²) in [7, 11) is 5.90. The third kappa shape index (κ3) is 50.3. The molecule has 0 bridgehead atoms. The van der Waals surface area contributed by atoms with Crippen molar-refractivity contribution in [3.05, 3.63) is 276 Å². The topological polar surface area (TPSA) is 386 Å². The highest BCUT2D eigenvalue weighted by Gasteiger charge is 2.17. The second kappa shape index (κ2) is 68.0. The molecule has 31 nitrogen and oxygen atoms in total. The molecule has 15 aromatic rings. The van der Waals surface area contributed by atoms with Crippen LogP contribution in [0.25, 0.3) is 0 Å². The van der Waals surface area contributed by atoms with Crippen molar-refractivity contribution in [3.8, 4) is 0 Å².